The Morgan fingerprint density at radius 1 is 1.42 bits per heavy atom. The smallest absolute Gasteiger partial charge is 0.228 e. The van der Waals surface area contributed by atoms with Crippen LogP contribution >= 0.6 is 0 Å². The van der Waals surface area contributed by atoms with Crippen molar-refractivity contribution in [3.05, 3.63) is 29.2 Å². The van der Waals surface area contributed by atoms with Gasteiger partial charge in [0.15, 0.2) is 5.82 Å². The molecule has 2 aromatic rings. The van der Waals surface area contributed by atoms with Crippen molar-refractivity contribution >= 4 is 0 Å². The van der Waals surface area contributed by atoms with Gasteiger partial charge in [-0.05, 0) is 26.3 Å². The van der Waals surface area contributed by atoms with Crippen molar-refractivity contribution in [3.8, 4) is 0 Å². The summed E-state index contributed by atoms with van der Waals surface area (Å²) in [6.07, 6.45) is 1.69. The van der Waals surface area contributed by atoms with Gasteiger partial charge in [-0.2, -0.15) is 10.1 Å². The quantitative estimate of drug-likeness (QED) is 0.837. The van der Waals surface area contributed by atoms with E-state index in [0.29, 0.717) is 24.8 Å². The fourth-order valence-corrected chi connectivity index (χ4v) is 2.38. The summed E-state index contributed by atoms with van der Waals surface area (Å²) in [5.41, 5.74) is 2.19. The summed E-state index contributed by atoms with van der Waals surface area (Å²) in [5, 5.41) is 8.46. The van der Waals surface area contributed by atoms with E-state index >= 15 is 0 Å². The van der Waals surface area contributed by atoms with Crippen LogP contribution < -0.4 is 0 Å². The molecule has 102 valence electrons. The van der Waals surface area contributed by atoms with Crippen LogP contribution in [0, 0.1) is 13.8 Å². The van der Waals surface area contributed by atoms with E-state index in [2.05, 4.69) is 28.2 Å². The molecule has 0 amide bonds. The van der Waals surface area contributed by atoms with Gasteiger partial charge < -0.3 is 9.26 Å². The second-order valence-electron chi connectivity index (χ2n) is 5.01. The van der Waals surface area contributed by atoms with E-state index in [1.807, 2.05) is 11.6 Å². The number of ether oxygens (including phenoxy) is 1. The average Bonchev–Trinajstić information content (AvgIpc) is 3.07. The lowest BCUT2D eigenvalue weighted by molar-refractivity contribution is 0.192. The maximum absolute atomic E-state index is 5.33. The highest BCUT2D eigenvalue weighted by Gasteiger charge is 2.23. The Hall–Kier alpha value is -1.69. The molecule has 19 heavy (non-hydrogen) atoms. The van der Waals surface area contributed by atoms with E-state index in [1.165, 1.54) is 0 Å². The summed E-state index contributed by atoms with van der Waals surface area (Å²) < 4.78 is 12.6. The van der Waals surface area contributed by atoms with Crippen molar-refractivity contribution in [1.29, 1.82) is 0 Å². The first kappa shape index (κ1) is 12.3. The maximum atomic E-state index is 5.33. The molecule has 1 aliphatic rings. The Balaban J connectivity index is 1.62. The first-order chi connectivity index (χ1) is 9.22. The average molecular weight is 262 g/mol. The van der Waals surface area contributed by atoms with Crippen LogP contribution in [-0.4, -0.2) is 33.1 Å². The molecule has 6 heteroatoms. The van der Waals surface area contributed by atoms with Crippen LogP contribution in [-0.2, 0) is 17.7 Å². The third-order valence-electron chi connectivity index (χ3n) is 3.42. The van der Waals surface area contributed by atoms with Gasteiger partial charge in [0.1, 0.15) is 0 Å². The van der Waals surface area contributed by atoms with E-state index in [9.17, 15) is 0 Å². The highest BCUT2D eigenvalue weighted by atomic mass is 16.5. The largest absolute Gasteiger partial charge is 0.381 e. The summed E-state index contributed by atoms with van der Waals surface area (Å²) in [6.45, 7) is 6.31. The summed E-state index contributed by atoms with van der Waals surface area (Å²) in [6, 6.07) is 2.06. The maximum Gasteiger partial charge on any atom is 0.228 e. The molecule has 0 unspecified atom stereocenters. The second-order valence-corrected chi connectivity index (χ2v) is 5.01. The Bertz CT molecular complexity index is 555. The minimum atomic E-state index is 0.297. The number of nitrogens with zero attached hydrogens (tertiary/aromatic N) is 4. The third-order valence-corrected chi connectivity index (χ3v) is 3.42. The molecule has 0 saturated carbocycles. The highest BCUT2D eigenvalue weighted by molar-refractivity contribution is 5.06. The van der Waals surface area contributed by atoms with E-state index < -0.39 is 0 Å². The lowest BCUT2D eigenvalue weighted by Crippen LogP contribution is -2.06. The minimum absolute atomic E-state index is 0.297. The highest BCUT2D eigenvalue weighted by Crippen LogP contribution is 2.22. The molecule has 0 aliphatic carbocycles. The van der Waals surface area contributed by atoms with Crippen molar-refractivity contribution in [1.82, 2.24) is 19.9 Å². The normalized spacial score (nSPS) is 19.2. The van der Waals surface area contributed by atoms with Gasteiger partial charge in [-0.25, -0.2) is 0 Å². The van der Waals surface area contributed by atoms with Crippen LogP contribution in [0.2, 0.25) is 0 Å². The number of hydrogen-bond acceptors (Lipinski definition) is 5. The predicted molar refractivity (Wildman–Crippen MR) is 67.9 cm³/mol. The van der Waals surface area contributed by atoms with Crippen molar-refractivity contribution in [3.63, 3.8) is 0 Å². The summed E-state index contributed by atoms with van der Waals surface area (Å²) in [5.74, 6) is 1.75. The molecule has 0 N–H and O–H groups in total. The fraction of sp³-hybridized carbons (Fsp3) is 0.615. The molecule has 0 bridgehead atoms. The van der Waals surface area contributed by atoms with Gasteiger partial charge in [0.25, 0.3) is 0 Å². The molecular weight excluding hydrogens is 244 g/mol. The fourth-order valence-electron chi connectivity index (χ4n) is 2.38. The Morgan fingerprint density at radius 2 is 2.32 bits per heavy atom. The standard InChI is InChI=1S/C13H18N4O2/c1-9-7-10(2)17(15-9)5-3-12-14-13(16-19-12)11-4-6-18-8-11/h7,11H,3-6,8H2,1-2H3/t11-/m1/s1. The molecule has 0 spiro atoms. The van der Waals surface area contributed by atoms with Crippen LogP contribution in [0.5, 0.6) is 0 Å². The van der Waals surface area contributed by atoms with Crippen LogP contribution in [0.4, 0.5) is 0 Å². The first-order valence-corrected chi connectivity index (χ1v) is 6.63. The SMILES string of the molecule is Cc1cc(C)n(CCc2nc([C@@H]3CCOC3)no2)n1. The Kier molecular flexibility index (Phi) is 3.33. The van der Waals surface area contributed by atoms with Crippen molar-refractivity contribution in [2.24, 2.45) is 0 Å². The zero-order chi connectivity index (χ0) is 13.2. The van der Waals surface area contributed by atoms with Gasteiger partial charge in [-0.1, -0.05) is 5.16 Å². The van der Waals surface area contributed by atoms with E-state index in [4.69, 9.17) is 9.26 Å². The van der Waals surface area contributed by atoms with Gasteiger partial charge in [0.05, 0.1) is 12.3 Å². The zero-order valence-electron chi connectivity index (χ0n) is 11.3. The molecule has 3 rings (SSSR count). The number of rotatable bonds is 4. The van der Waals surface area contributed by atoms with Crippen molar-refractivity contribution in [2.45, 2.75) is 39.2 Å². The lowest BCUT2D eigenvalue weighted by Gasteiger charge is -2.01. The molecule has 1 aliphatic heterocycles. The van der Waals surface area contributed by atoms with Crippen LogP contribution in [0.15, 0.2) is 10.6 Å². The summed E-state index contributed by atoms with van der Waals surface area (Å²) >= 11 is 0. The zero-order valence-corrected chi connectivity index (χ0v) is 11.3. The van der Waals surface area contributed by atoms with E-state index in [-0.39, 0.29) is 0 Å². The number of hydrogen-bond donors (Lipinski definition) is 0. The second kappa shape index (κ2) is 5.13. The van der Waals surface area contributed by atoms with Gasteiger partial charge in [0.2, 0.25) is 5.89 Å². The van der Waals surface area contributed by atoms with Crippen molar-refractivity contribution in [2.75, 3.05) is 13.2 Å². The third kappa shape index (κ3) is 2.68. The van der Waals surface area contributed by atoms with E-state index in [1.54, 1.807) is 0 Å². The Labute approximate surface area is 111 Å². The molecule has 3 heterocycles. The Morgan fingerprint density at radius 3 is 3.00 bits per heavy atom. The van der Waals surface area contributed by atoms with Crippen molar-refractivity contribution < 1.29 is 9.26 Å². The summed E-state index contributed by atoms with van der Waals surface area (Å²) in [7, 11) is 0. The monoisotopic (exact) mass is 262 g/mol. The number of aromatic nitrogens is 4. The van der Waals surface area contributed by atoms with Gasteiger partial charge in [-0.15, -0.1) is 0 Å². The minimum Gasteiger partial charge on any atom is -0.381 e. The molecule has 0 radical (unpaired) electrons. The number of aryl methyl sites for hydroxylation is 4. The molecular formula is C13H18N4O2. The van der Waals surface area contributed by atoms with Crippen LogP contribution in [0.1, 0.15) is 35.4 Å². The molecule has 1 saturated heterocycles. The molecule has 1 atom stereocenters. The predicted octanol–water partition coefficient (Wildman–Crippen LogP) is 1.63. The van der Waals surface area contributed by atoms with Gasteiger partial charge in [-0.3, -0.25) is 4.68 Å². The lowest BCUT2D eigenvalue weighted by atomic mass is 10.1. The van der Waals surface area contributed by atoms with Gasteiger partial charge in [0, 0.05) is 31.2 Å². The van der Waals surface area contributed by atoms with Gasteiger partial charge >= 0.3 is 0 Å². The molecule has 2 aromatic heterocycles. The molecule has 0 aromatic carbocycles. The van der Waals surface area contributed by atoms with Crippen LogP contribution in [0.25, 0.3) is 0 Å². The molecule has 6 nitrogen and oxygen atoms in total. The molecule has 1 fully saturated rings. The first-order valence-electron chi connectivity index (χ1n) is 6.63. The topological polar surface area (TPSA) is 66.0 Å². The van der Waals surface area contributed by atoms with E-state index in [0.717, 1.165) is 36.8 Å². The van der Waals surface area contributed by atoms with Crippen LogP contribution in [0.3, 0.4) is 0 Å². The summed E-state index contributed by atoms with van der Waals surface area (Å²) in [4.78, 5) is 4.44.